The second kappa shape index (κ2) is 7.41. The zero-order valence-electron chi connectivity index (χ0n) is 15.4. The Balaban J connectivity index is 1.48. The largest absolute Gasteiger partial charge is 0.396 e. The first-order valence-corrected chi connectivity index (χ1v) is 9.93. The Hall–Kier alpha value is -2.64. The Kier molecular flexibility index (Phi) is 4.95. The molecule has 2 atom stereocenters. The number of aliphatic hydroxyl groups excluding tert-OH is 1. The van der Waals surface area contributed by atoms with Crippen molar-refractivity contribution in [1.29, 1.82) is 0 Å². The van der Waals surface area contributed by atoms with Crippen molar-refractivity contribution in [2.75, 3.05) is 24.2 Å². The van der Waals surface area contributed by atoms with Crippen LogP contribution in [-0.2, 0) is 6.42 Å². The van der Waals surface area contributed by atoms with Gasteiger partial charge in [0, 0.05) is 31.7 Å². The molecule has 3 aromatic rings. The van der Waals surface area contributed by atoms with Gasteiger partial charge in [0.25, 0.3) is 5.69 Å². The van der Waals surface area contributed by atoms with Gasteiger partial charge < -0.3 is 16.2 Å². The molecule has 0 aromatic carbocycles. The van der Waals surface area contributed by atoms with E-state index in [4.69, 9.17) is 12.3 Å². The van der Waals surface area contributed by atoms with Crippen molar-refractivity contribution in [2.24, 2.45) is 5.92 Å². The molecule has 1 fully saturated rings. The molecule has 0 amide bonds. The van der Waals surface area contributed by atoms with Crippen molar-refractivity contribution in [3.05, 3.63) is 39.5 Å². The molecule has 4 rings (SSSR count). The van der Waals surface area contributed by atoms with E-state index >= 15 is 0 Å². The van der Waals surface area contributed by atoms with Gasteiger partial charge in [-0.15, -0.1) is 0 Å². The first kappa shape index (κ1) is 18.7. The Morgan fingerprint density at radius 3 is 2.93 bits per heavy atom. The molecule has 0 bridgehead atoms. The van der Waals surface area contributed by atoms with Crippen LogP contribution >= 0.6 is 15.9 Å². The van der Waals surface area contributed by atoms with E-state index in [-0.39, 0.29) is 18.1 Å². The quantitative estimate of drug-likeness (QED) is 0.504. The number of hydrogen-bond donors (Lipinski definition) is 3. The number of rotatable bonds is 6. The van der Waals surface area contributed by atoms with Crippen LogP contribution in [0.3, 0.4) is 0 Å². The predicted molar refractivity (Wildman–Crippen MR) is 109 cm³/mol. The van der Waals surface area contributed by atoms with Crippen LogP contribution in [0.1, 0.15) is 30.3 Å². The van der Waals surface area contributed by atoms with Crippen LogP contribution in [0, 0.1) is 19.4 Å². The number of halogens is 1. The zero-order chi connectivity index (χ0) is 19.8. The highest BCUT2D eigenvalue weighted by atomic mass is 79.9. The number of nitrogens with one attached hydrogen (secondary N) is 1. The minimum atomic E-state index is 0.208. The summed E-state index contributed by atoms with van der Waals surface area (Å²) in [7, 11) is 0. The van der Waals surface area contributed by atoms with Gasteiger partial charge >= 0.3 is 0 Å². The third-order valence-electron chi connectivity index (χ3n) is 5.28. The van der Waals surface area contributed by atoms with E-state index in [1.807, 2.05) is 23.9 Å². The standard InChI is InChI=1S/C18H21BrN8O/c1-10-14(19)18-23-17(15(21-2)16(20)27(18)24-10)22-7-5-12-6-8-26(25-12)13-4-3-11(13)9-28/h6,8,11,13,28H,3-5,7,9,20H2,1H3,(H,22,23). The molecule has 1 saturated carbocycles. The summed E-state index contributed by atoms with van der Waals surface area (Å²) in [5.74, 6) is 1.02. The third kappa shape index (κ3) is 3.10. The van der Waals surface area contributed by atoms with Gasteiger partial charge in [0.1, 0.15) is 11.6 Å². The summed E-state index contributed by atoms with van der Waals surface area (Å²) in [5, 5.41) is 21.5. The van der Waals surface area contributed by atoms with Crippen molar-refractivity contribution in [3.8, 4) is 0 Å². The summed E-state index contributed by atoms with van der Waals surface area (Å²) in [5.41, 5.74) is 8.68. The van der Waals surface area contributed by atoms with Gasteiger partial charge in [-0.3, -0.25) is 4.68 Å². The van der Waals surface area contributed by atoms with Crippen molar-refractivity contribution in [2.45, 2.75) is 32.2 Å². The topological polar surface area (TPSA) is 111 Å². The molecule has 146 valence electrons. The van der Waals surface area contributed by atoms with Gasteiger partial charge in [-0.25, -0.2) is 14.3 Å². The molecule has 1 aliphatic rings. The number of fused-ring (bicyclic) bond motifs is 1. The van der Waals surface area contributed by atoms with Crippen LogP contribution in [0.5, 0.6) is 0 Å². The molecular weight excluding hydrogens is 424 g/mol. The fourth-order valence-corrected chi connectivity index (χ4v) is 3.83. The van der Waals surface area contributed by atoms with Crippen molar-refractivity contribution < 1.29 is 5.11 Å². The van der Waals surface area contributed by atoms with Crippen LogP contribution < -0.4 is 11.1 Å². The van der Waals surface area contributed by atoms with Crippen molar-refractivity contribution in [3.63, 3.8) is 0 Å². The number of nitrogen functional groups attached to an aromatic ring is 1. The average molecular weight is 445 g/mol. The van der Waals surface area contributed by atoms with Gasteiger partial charge in [0.05, 0.1) is 28.5 Å². The molecular formula is C18H21BrN8O. The van der Waals surface area contributed by atoms with Crippen LogP contribution in [0.2, 0.25) is 0 Å². The monoisotopic (exact) mass is 444 g/mol. The highest BCUT2D eigenvalue weighted by molar-refractivity contribution is 9.10. The Morgan fingerprint density at radius 2 is 2.25 bits per heavy atom. The van der Waals surface area contributed by atoms with E-state index in [1.54, 1.807) is 0 Å². The summed E-state index contributed by atoms with van der Waals surface area (Å²) in [4.78, 5) is 8.06. The minimum Gasteiger partial charge on any atom is -0.396 e. The number of nitrogens with zero attached hydrogens (tertiary/aromatic N) is 6. The molecule has 0 spiro atoms. The van der Waals surface area contributed by atoms with E-state index in [0.717, 1.165) is 28.7 Å². The lowest BCUT2D eigenvalue weighted by Gasteiger charge is -2.35. The average Bonchev–Trinajstić information content (AvgIpc) is 3.21. The molecule has 0 saturated heterocycles. The van der Waals surface area contributed by atoms with Gasteiger partial charge in [-0.05, 0) is 41.8 Å². The van der Waals surface area contributed by atoms with E-state index in [1.165, 1.54) is 4.52 Å². The summed E-state index contributed by atoms with van der Waals surface area (Å²) in [6.07, 6.45) is 4.77. The number of anilines is 2. The smallest absolute Gasteiger partial charge is 0.268 e. The minimum absolute atomic E-state index is 0.208. The maximum atomic E-state index is 9.36. The molecule has 3 aromatic heterocycles. The second-order valence-corrected chi connectivity index (χ2v) is 7.79. The highest BCUT2D eigenvalue weighted by Gasteiger charge is 2.32. The molecule has 0 aliphatic heterocycles. The van der Waals surface area contributed by atoms with Crippen molar-refractivity contribution in [1.82, 2.24) is 24.4 Å². The maximum Gasteiger partial charge on any atom is 0.268 e. The second-order valence-electron chi connectivity index (χ2n) is 6.99. The molecule has 0 radical (unpaired) electrons. The van der Waals surface area contributed by atoms with Gasteiger partial charge in [0.2, 0.25) is 0 Å². The molecule has 9 nitrogen and oxygen atoms in total. The molecule has 4 N–H and O–H groups in total. The SMILES string of the molecule is [C-]#[N+]c1c(NCCc2ccn(C3CCC3CO)n2)nc2c(Br)c(C)nn2c1N. The fraction of sp³-hybridized carbons (Fsp3) is 0.444. The Bertz CT molecular complexity index is 1060. The van der Waals surface area contributed by atoms with Crippen LogP contribution in [0.4, 0.5) is 17.3 Å². The molecule has 3 heterocycles. The Labute approximate surface area is 170 Å². The lowest BCUT2D eigenvalue weighted by molar-refractivity contribution is 0.0892. The molecule has 2 unspecified atom stereocenters. The normalized spacial score (nSPS) is 18.8. The number of nitrogens with two attached hydrogens (primary N) is 1. The highest BCUT2D eigenvalue weighted by Crippen LogP contribution is 2.37. The fourth-order valence-electron chi connectivity index (χ4n) is 3.49. The zero-order valence-corrected chi connectivity index (χ0v) is 17.0. The van der Waals surface area contributed by atoms with Crippen LogP contribution in [-0.4, -0.2) is 42.6 Å². The van der Waals surface area contributed by atoms with Crippen molar-refractivity contribution >= 4 is 38.9 Å². The lowest BCUT2D eigenvalue weighted by atomic mass is 9.80. The van der Waals surface area contributed by atoms with Gasteiger partial charge in [-0.2, -0.15) is 10.2 Å². The number of aryl methyl sites for hydroxylation is 1. The number of hydrogen-bond acceptors (Lipinski definition) is 6. The molecule has 28 heavy (non-hydrogen) atoms. The Morgan fingerprint density at radius 1 is 1.43 bits per heavy atom. The maximum absolute atomic E-state index is 9.36. The van der Waals surface area contributed by atoms with E-state index in [2.05, 4.69) is 41.3 Å². The first-order valence-electron chi connectivity index (χ1n) is 9.14. The predicted octanol–water partition coefficient (Wildman–Crippen LogP) is 2.73. The molecule has 1 aliphatic carbocycles. The summed E-state index contributed by atoms with van der Waals surface area (Å²) >= 11 is 3.47. The molecule has 10 heteroatoms. The van der Waals surface area contributed by atoms with E-state index in [9.17, 15) is 5.11 Å². The first-order chi connectivity index (χ1) is 13.5. The van der Waals surface area contributed by atoms with Gasteiger partial charge in [0.15, 0.2) is 5.65 Å². The van der Waals surface area contributed by atoms with Gasteiger partial charge in [-0.1, -0.05) is 0 Å². The van der Waals surface area contributed by atoms with E-state index < -0.39 is 0 Å². The number of aromatic nitrogens is 5. The van der Waals surface area contributed by atoms with Crippen LogP contribution in [0.25, 0.3) is 10.5 Å². The summed E-state index contributed by atoms with van der Waals surface area (Å²) in [6, 6.07) is 2.29. The summed E-state index contributed by atoms with van der Waals surface area (Å²) < 4.78 is 4.20. The summed E-state index contributed by atoms with van der Waals surface area (Å²) in [6.45, 7) is 10.1. The third-order valence-corrected chi connectivity index (χ3v) is 6.21. The lowest BCUT2D eigenvalue weighted by Crippen LogP contribution is -2.31. The van der Waals surface area contributed by atoms with Crippen LogP contribution in [0.15, 0.2) is 16.7 Å². The number of aliphatic hydroxyl groups is 1. The van der Waals surface area contributed by atoms with E-state index in [0.29, 0.717) is 36.4 Å².